The maximum Gasteiger partial charge on any atom is 0.338 e. The number of esters is 1. The molecule has 0 amide bonds. The van der Waals surface area contributed by atoms with Gasteiger partial charge >= 0.3 is 5.97 Å². The second kappa shape index (κ2) is 12.5. The summed E-state index contributed by atoms with van der Waals surface area (Å²) in [5, 5.41) is 31.4. The van der Waals surface area contributed by atoms with E-state index in [2.05, 4.69) is 20.3 Å². The summed E-state index contributed by atoms with van der Waals surface area (Å²) in [7, 11) is 0. The Labute approximate surface area is 206 Å². The molecule has 36 heavy (non-hydrogen) atoms. The molecule has 11 heteroatoms. The number of ether oxygens (including phenoxy) is 1. The van der Waals surface area contributed by atoms with Crippen LogP contribution in [0.1, 0.15) is 39.9 Å². The average molecular weight is 486 g/mol. The van der Waals surface area contributed by atoms with Crippen LogP contribution in [0, 0.1) is 18.3 Å². The molecule has 11 nitrogen and oxygen atoms in total. The number of carbonyl (C=O) groups is 1. The van der Waals surface area contributed by atoms with Crippen LogP contribution in [0.4, 0.5) is 11.4 Å². The first-order valence-corrected chi connectivity index (χ1v) is 11.1. The lowest BCUT2D eigenvalue weighted by Gasteiger charge is -2.12. The van der Waals surface area contributed by atoms with E-state index >= 15 is 0 Å². The zero-order valence-electron chi connectivity index (χ0n) is 19.5. The molecule has 182 valence electrons. The minimum atomic E-state index is -0.599. The fourth-order valence-electron chi connectivity index (χ4n) is 3.34. The lowest BCUT2D eigenvalue weighted by Crippen LogP contribution is -2.22. The largest absolute Gasteiger partial charge is 0.493 e. The van der Waals surface area contributed by atoms with Crippen LogP contribution in [0.15, 0.2) is 74.7 Å². The number of hydrogen-bond donors (Lipinski definition) is 1. The van der Waals surface area contributed by atoms with E-state index in [0.717, 1.165) is 10.1 Å². The normalized spacial score (nSPS) is 10.6. The van der Waals surface area contributed by atoms with Gasteiger partial charge in [0.15, 0.2) is 5.69 Å². The topological polar surface area (TPSA) is 166 Å². The Kier molecular flexibility index (Phi) is 8.92. The van der Waals surface area contributed by atoms with E-state index in [4.69, 9.17) is 10.3 Å². The minimum absolute atomic E-state index is 0.0740. The summed E-state index contributed by atoms with van der Waals surface area (Å²) in [6.07, 6.45) is 0.946. The Morgan fingerprint density at radius 2 is 1.86 bits per heavy atom. The van der Waals surface area contributed by atoms with Crippen LogP contribution in [0.3, 0.4) is 0 Å². The molecule has 0 aliphatic carbocycles. The van der Waals surface area contributed by atoms with Crippen LogP contribution in [-0.4, -0.2) is 22.2 Å². The number of unbranched alkanes of at least 4 members (excludes halogenated alkanes) is 1. The van der Waals surface area contributed by atoms with Crippen molar-refractivity contribution in [2.24, 2.45) is 15.3 Å². The standard InChI is InChI=1S/C25H23N7O4/c1-17-21(15-26)23(33)32(14-6-5-13-28-31-27)24(34)22(17)30-29-20-11-9-19(10-12-20)25(35)36-16-18-7-3-2-4-8-18/h2-4,7-12,33H,5-6,13-14,16H2,1H3. The number of azide groups is 1. The molecule has 0 aliphatic heterocycles. The summed E-state index contributed by atoms with van der Waals surface area (Å²) in [6.45, 7) is 2.03. The number of aromatic hydroxyl groups is 1. The van der Waals surface area contributed by atoms with Gasteiger partial charge in [0.25, 0.3) is 5.56 Å². The van der Waals surface area contributed by atoms with Crippen LogP contribution in [0.2, 0.25) is 0 Å². The van der Waals surface area contributed by atoms with E-state index < -0.39 is 17.4 Å². The first-order valence-electron chi connectivity index (χ1n) is 11.1. The van der Waals surface area contributed by atoms with Crippen LogP contribution < -0.4 is 5.56 Å². The summed E-state index contributed by atoms with van der Waals surface area (Å²) in [5.74, 6) is -0.931. The number of hydrogen-bond acceptors (Lipinski definition) is 8. The summed E-state index contributed by atoms with van der Waals surface area (Å²) in [4.78, 5) is 27.9. The van der Waals surface area contributed by atoms with Gasteiger partial charge in [-0.25, -0.2) is 4.79 Å². The molecular weight excluding hydrogens is 462 g/mol. The van der Waals surface area contributed by atoms with E-state index in [9.17, 15) is 20.0 Å². The molecule has 1 heterocycles. The second-order valence-electron chi connectivity index (χ2n) is 7.71. The van der Waals surface area contributed by atoms with Crippen molar-refractivity contribution in [3.63, 3.8) is 0 Å². The molecular formula is C25H23N7O4. The van der Waals surface area contributed by atoms with Crippen molar-refractivity contribution in [1.29, 1.82) is 5.26 Å². The van der Waals surface area contributed by atoms with E-state index in [1.54, 1.807) is 12.1 Å². The Bertz CT molecular complexity index is 1400. The van der Waals surface area contributed by atoms with Gasteiger partial charge in [0, 0.05) is 23.6 Å². The van der Waals surface area contributed by atoms with Crippen LogP contribution in [0.5, 0.6) is 5.88 Å². The van der Waals surface area contributed by atoms with E-state index in [0.29, 0.717) is 24.1 Å². The van der Waals surface area contributed by atoms with Gasteiger partial charge in [-0.15, -0.1) is 5.11 Å². The van der Waals surface area contributed by atoms with E-state index in [1.165, 1.54) is 19.1 Å². The number of carbonyl (C=O) groups excluding carboxylic acids is 1. The first kappa shape index (κ1) is 25.7. The first-order chi connectivity index (χ1) is 17.5. The Morgan fingerprint density at radius 1 is 1.14 bits per heavy atom. The van der Waals surface area contributed by atoms with E-state index in [1.807, 2.05) is 36.4 Å². The second-order valence-corrected chi connectivity index (χ2v) is 7.71. The monoisotopic (exact) mass is 485 g/mol. The molecule has 3 aromatic rings. The number of rotatable bonds is 10. The van der Waals surface area contributed by atoms with Gasteiger partial charge < -0.3 is 9.84 Å². The minimum Gasteiger partial charge on any atom is -0.493 e. The van der Waals surface area contributed by atoms with Crippen molar-refractivity contribution in [3.05, 3.63) is 97.6 Å². The van der Waals surface area contributed by atoms with Gasteiger partial charge in [0.05, 0.1) is 11.3 Å². The lowest BCUT2D eigenvalue weighted by atomic mass is 10.1. The molecule has 1 aromatic heterocycles. The molecule has 0 spiro atoms. The Morgan fingerprint density at radius 3 is 2.53 bits per heavy atom. The van der Waals surface area contributed by atoms with Crippen LogP contribution in [-0.2, 0) is 17.9 Å². The molecule has 0 saturated carbocycles. The fraction of sp³-hybridized carbons (Fsp3) is 0.240. The van der Waals surface area contributed by atoms with Crippen LogP contribution >= 0.6 is 0 Å². The summed E-state index contributed by atoms with van der Waals surface area (Å²) >= 11 is 0. The highest BCUT2D eigenvalue weighted by Crippen LogP contribution is 2.27. The van der Waals surface area contributed by atoms with Crippen molar-refractivity contribution in [1.82, 2.24) is 4.57 Å². The SMILES string of the molecule is Cc1c(C#N)c(O)n(CCCCN=[N+]=[N-])c(=O)c1N=Nc1ccc(C(=O)OCc2ccccc2)cc1. The van der Waals surface area contributed by atoms with Gasteiger partial charge in [0.1, 0.15) is 18.2 Å². The predicted molar refractivity (Wildman–Crippen MR) is 131 cm³/mol. The quantitative estimate of drug-likeness (QED) is 0.130. The average Bonchev–Trinajstić information content (AvgIpc) is 2.90. The molecule has 0 unspecified atom stereocenters. The third-order valence-corrected chi connectivity index (χ3v) is 5.30. The lowest BCUT2D eigenvalue weighted by molar-refractivity contribution is 0.0472. The molecule has 0 radical (unpaired) electrons. The third-order valence-electron chi connectivity index (χ3n) is 5.30. The molecule has 2 aromatic carbocycles. The number of aromatic nitrogens is 1. The zero-order valence-corrected chi connectivity index (χ0v) is 19.5. The molecule has 0 fully saturated rings. The molecule has 3 rings (SSSR count). The molecule has 0 aliphatic rings. The number of nitrogens with zero attached hydrogens (tertiary/aromatic N) is 7. The molecule has 0 atom stereocenters. The van der Waals surface area contributed by atoms with Gasteiger partial charge in [-0.2, -0.15) is 10.4 Å². The predicted octanol–water partition coefficient (Wildman–Crippen LogP) is 5.60. The van der Waals surface area contributed by atoms with Gasteiger partial charge in [-0.05, 0) is 55.1 Å². The summed E-state index contributed by atoms with van der Waals surface area (Å²) in [6, 6.07) is 17.4. The van der Waals surface area contributed by atoms with Crippen molar-refractivity contribution in [2.45, 2.75) is 32.9 Å². The Balaban J connectivity index is 1.76. The fourth-order valence-corrected chi connectivity index (χ4v) is 3.34. The number of nitriles is 1. The highest BCUT2D eigenvalue weighted by Gasteiger charge is 2.19. The summed E-state index contributed by atoms with van der Waals surface area (Å²) < 4.78 is 6.36. The van der Waals surface area contributed by atoms with Crippen molar-refractivity contribution in [2.75, 3.05) is 6.54 Å². The van der Waals surface area contributed by atoms with Crippen LogP contribution in [0.25, 0.3) is 10.4 Å². The maximum absolute atomic E-state index is 12.9. The van der Waals surface area contributed by atoms with Crippen molar-refractivity contribution < 1.29 is 14.6 Å². The summed E-state index contributed by atoms with van der Waals surface area (Å²) in [5.41, 5.74) is 9.39. The van der Waals surface area contributed by atoms with Crippen molar-refractivity contribution in [3.8, 4) is 11.9 Å². The number of pyridine rings is 1. The molecule has 0 saturated heterocycles. The maximum atomic E-state index is 12.9. The van der Waals surface area contributed by atoms with Gasteiger partial charge in [-0.3, -0.25) is 9.36 Å². The number of azo groups is 1. The van der Waals surface area contributed by atoms with Gasteiger partial charge in [0.2, 0.25) is 5.88 Å². The third kappa shape index (κ3) is 6.34. The molecule has 1 N–H and O–H groups in total. The van der Waals surface area contributed by atoms with Gasteiger partial charge in [-0.1, -0.05) is 35.4 Å². The zero-order chi connectivity index (χ0) is 25.9. The highest BCUT2D eigenvalue weighted by molar-refractivity contribution is 5.89. The highest BCUT2D eigenvalue weighted by atomic mass is 16.5. The smallest absolute Gasteiger partial charge is 0.338 e. The van der Waals surface area contributed by atoms with Crippen molar-refractivity contribution >= 4 is 17.3 Å². The Hall–Kier alpha value is -4.94. The number of benzene rings is 2. The van der Waals surface area contributed by atoms with E-state index in [-0.39, 0.29) is 36.5 Å². The molecule has 0 bridgehead atoms.